The third-order valence-electron chi connectivity index (χ3n) is 7.15. The van der Waals surface area contributed by atoms with Gasteiger partial charge in [0.15, 0.2) is 0 Å². The highest BCUT2D eigenvalue weighted by Gasteiger charge is 2.24. The number of hydrogen-bond acceptors (Lipinski definition) is 10. The third kappa shape index (κ3) is 12.2. The van der Waals surface area contributed by atoms with E-state index in [1.54, 1.807) is 9.91 Å². The molecular weight excluding hydrogens is 578 g/mol. The maximum absolute atomic E-state index is 12.2. The summed E-state index contributed by atoms with van der Waals surface area (Å²) in [6.07, 6.45) is 4.79. The minimum absolute atomic E-state index is 0.0156. The van der Waals surface area contributed by atoms with Gasteiger partial charge >= 0.3 is 0 Å². The maximum Gasteiger partial charge on any atom is 0.220 e. The number of hydrogen-bond donors (Lipinski definition) is 3. The number of para-hydroxylation sites is 1. The summed E-state index contributed by atoms with van der Waals surface area (Å²) >= 11 is 0. The number of carbonyl (C=O) groups excluding carboxylic acids is 3. The monoisotopic (exact) mass is 625 g/mol. The lowest BCUT2D eigenvalue weighted by molar-refractivity contribution is -0.121. The van der Waals surface area contributed by atoms with Gasteiger partial charge in [0.1, 0.15) is 6.29 Å². The second-order valence-electron chi connectivity index (χ2n) is 10.4. The van der Waals surface area contributed by atoms with Crippen LogP contribution in [-0.4, -0.2) is 89.6 Å². The Bertz CT molecular complexity index is 1230. The van der Waals surface area contributed by atoms with Gasteiger partial charge in [0.05, 0.1) is 76.5 Å². The van der Waals surface area contributed by atoms with E-state index in [2.05, 4.69) is 5.32 Å². The number of anilines is 1. The number of rotatable bonds is 23. The number of aldehydes is 1. The largest absolute Gasteiger partial charge is 0.396 e. The molecule has 0 bridgehead atoms. The normalized spacial score (nSPS) is 14.2. The first-order chi connectivity index (χ1) is 22.1. The van der Waals surface area contributed by atoms with Crippen LogP contribution >= 0.6 is 0 Å². The molecule has 2 aromatic rings. The minimum Gasteiger partial charge on any atom is -0.396 e. The molecule has 0 atom stereocenters. The highest BCUT2D eigenvalue weighted by atomic mass is 16.6. The summed E-state index contributed by atoms with van der Waals surface area (Å²) in [7, 11) is 0. The SMILES string of the molecule is N/C1=C(\N(N)CCCCCC(=O)NCCOCCOCCOCCOCCC=O)c2ccccc2N(C=O)Cc2ccccc21. The summed E-state index contributed by atoms with van der Waals surface area (Å²) < 4.78 is 21.5. The van der Waals surface area contributed by atoms with Gasteiger partial charge in [-0.15, -0.1) is 0 Å². The van der Waals surface area contributed by atoms with Crippen LogP contribution in [0.25, 0.3) is 11.4 Å². The molecule has 0 saturated carbocycles. The van der Waals surface area contributed by atoms with Crippen molar-refractivity contribution in [3.63, 3.8) is 0 Å². The molecule has 0 aliphatic carbocycles. The molecule has 0 unspecified atom stereocenters. The van der Waals surface area contributed by atoms with Crippen LogP contribution in [0.3, 0.4) is 0 Å². The number of nitrogens with zero attached hydrogens (tertiary/aromatic N) is 2. The van der Waals surface area contributed by atoms with E-state index >= 15 is 0 Å². The molecule has 2 amide bonds. The number of nitrogens with one attached hydrogen (secondary N) is 1. The summed E-state index contributed by atoms with van der Waals surface area (Å²) in [6, 6.07) is 15.4. The van der Waals surface area contributed by atoms with E-state index in [1.165, 1.54) is 0 Å². The number of hydrazine groups is 1. The summed E-state index contributed by atoms with van der Waals surface area (Å²) in [5, 5.41) is 4.53. The van der Waals surface area contributed by atoms with Crippen molar-refractivity contribution < 1.29 is 33.3 Å². The van der Waals surface area contributed by atoms with Gasteiger partial charge in [-0.3, -0.25) is 9.59 Å². The number of carbonyl (C=O) groups is 3. The number of ether oxygens (including phenoxy) is 4. The Labute approximate surface area is 265 Å². The number of benzene rings is 2. The fourth-order valence-corrected chi connectivity index (χ4v) is 4.89. The van der Waals surface area contributed by atoms with Gasteiger partial charge in [-0.1, -0.05) is 48.9 Å². The molecule has 0 saturated heterocycles. The number of fused-ring (bicyclic) bond motifs is 2. The average molecular weight is 626 g/mol. The molecular formula is C33H47N5O7. The van der Waals surface area contributed by atoms with Gasteiger partial charge < -0.3 is 44.7 Å². The molecule has 1 aliphatic heterocycles. The Morgan fingerprint density at radius 3 is 2.13 bits per heavy atom. The Morgan fingerprint density at radius 1 is 0.822 bits per heavy atom. The van der Waals surface area contributed by atoms with Crippen LogP contribution in [0.1, 0.15) is 48.8 Å². The smallest absolute Gasteiger partial charge is 0.220 e. The van der Waals surface area contributed by atoms with Crippen molar-refractivity contribution >= 4 is 35.7 Å². The van der Waals surface area contributed by atoms with E-state index < -0.39 is 0 Å². The van der Waals surface area contributed by atoms with E-state index in [9.17, 15) is 14.4 Å². The van der Waals surface area contributed by atoms with E-state index in [4.69, 9.17) is 30.5 Å². The second kappa shape index (κ2) is 21.0. The van der Waals surface area contributed by atoms with Crippen LogP contribution in [0.2, 0.25) is 0 Å². The first-order valence-corrected chi connectivity index (χ1v) is 15.5. The van der Waals surface area contributed by atoms with E-state index in [1.807, 2.05) is 48.5 Å². The fraction of sp³-hybridized carbons (Fsp3) is 0.485. The van der Waals surface area contributed by atoms with Crippen molar-refractivity contribution in [2.75, 3.05) is 70.8 Å². The molecule has 0 aromatic heterocycles. The van der Waals surface area contributed by atoms with E-state index in [0.29, 0.717) is 96.7 Å². The molecule has 246 valence electrons. The molecule has 3 rings (SSSR count). The zero-order chi connectivity index (χ0) is 32.1. The molecule has 12 nitrogen and oxygen atoms in total. The van der Waals surface area contributed by atoms with Crippen LogP contribution in [0.5, 0.6) is 0 Å². The van der Waals surface area contributed by atoms with Gasteiger partial charge in [-0.25, -0.2) is 5.84 Å². The van der Waals surface area contributed by atoms with Gasteiger partial charge in [0, 0.05) is 37.1 Å². The number of nitrogens with two attached hydrogens (primary N) is 2. The lowest BCUT2D eigenvalue weighted by atomic mass is 9.96. The highest BCUT2D eigenvalue weighted by molar-refractivity contribution is 5.96. The second-order valence-corrected chi connectivity index (χ2v) is 10.4. The zero-order valence-electron chi connectivity index (χ0n) is 26.0. The zero-order valence-corrected chi connectivity index (χ0v) is 26.0. The highest BCUT2D eigenvalue weighted by Crippen LogP contribution is 2.36. The Kier molecular flexibility index (Phi) is 16.7. The van der Waals surface area contributed by atoms with Gasteiger partial charge in [-0.2, -0.15) is 0 Å². The molecule has 0 spiro atoms. The predicted octanol–water partition coefficient (Wildman–Crippen LogP) is 2.46. The van der Waals surface area contributed by atoms with Crippen LogP contribution < -0.4 is 21.8 Å². The average Bonchev–Trinajstić information content (AvgIpc) is 3.05. The lowest BCUT2D eigenvalue weighted by Gasteiger charge is -2.31. The Morgan fingerprint density at radius 2 is 1.44 bits per heavy atom. The van der Waals surface area contributed by atoms with Crippen molar-refractivity contribution in [1.29, 1.82) is 0 Å². The van der Waals surface area contributed by atoms with Crippen molar-refractivity contribution in [1.82, 2.24) is 10.3 Å². The Balaban J connectivity index is 1.30. The lowest BCUT2D eigenvalue weighted by Crippen LogP contribution is -2.34. The van der Waals surface area contributed by atoms with Crippen molar-refractivity contribution in [3.05, 3.63) is 65.2 Å². The first kappa shape index (κ1) is 35.7. The van der Waals surface area contributed by atoms with Crippen molar-refractivity contribution in [3.8, 4) is 0 Å². The van der Waals surface area contributed by atoms with Crippen molar-refractivity contribution in [2.45, 2.75) is 38.6 Å². The van der Waals surface area contributed by atoms with Crippen molar-refractivity contribution in [2.24, 2.45) is 11.6 Å². The van der Waals surface area contributed by atoms with Crippen LogP contribution in [0.15, 0.2) is 48.5 Å². The number of unbranched alkanes of at least 4 members (excludes halogenated alkanes) is 2. The van der Waals surface area contributed by atoms with E-state index in [-0.39, 0.29) is 5.91 Å². The summed E-state index contributed by atoms with van der Waals surface area (Å²) in [6.45, 7) is 4.94. The van der Waals surface area contributed by atoms with Crippen LogP contribution in [0.4, 0.5) is 5.69 Å². The van der Waals surface area contributed by atoms with Gasteiger partial charge in [0.25, 0.3) is 0 Å². The molecule has 45 heavy (non-hydrogen) atoms. The molecule has 5 N–H and O–H groups in total. The Hall–Kier alpha value is -3.81. The fourth-order valence-electron chi connectivity index (χ4n) is 4.89. The molecule has 1 aliphatic rings. The third-order valence-corrected chi connectivity index (χ3v) is 7.15. The quantitative estimate of drug-likeness (QED) is 0.0725. The van der Waals surface area contributed by atoms with Crippen LogP contribution in [0, 0.1) is 0 Å². The standard InChI is InChI=1S/C33H47N5O7/c34-32-28-10-4-3-9-27(28)25-37(26-40)30-12-6-5-11-29(30)33(32)38(35)15-7-1-2-13-31(41)36-14-18-43-20-22-45-24-23-44-21-19-42-17-8-16-39/h3-6,9-12,16,26H,1-2,7-8,13-15,17-25,34-35H2,(H,36,41)/b33-32-. The van der Waals surface area contributed by atoms with Gasteiger partial charge in [-0.05, 0) is 24.5 Å². The molecule has 12 heteroatoms. The predicted molar refractivity (Wildman–Crippen MR) is 172 cm³/mol. The summed E-state index contributed by atoms with van der Waals surface area (Å²) in [5.74, 6) is 6.58. The number of amides is 2. The topological polar surface area (TPSA) is 159 Å². The van der Waals surface area contributed by atoms with E-state index in [0.717, 1.165) is 54.3 Å². The maximum atomic E-state index is 12.2. The first-order valence-electron chi connectivity index (χ1n) is 15.5. The summed E-state index contributed by atoms with van der Waals surface area (Å²) in [4.78, 5) is 36.1. The molecule has 0 fully saturated rings. The van der Waals surface area contributed by atoms with Gasteiger partial charge in [0.2, 0.25) is 12.3 Å². The summed E-state index contributed by atoms with van der Waals surface area (Å²) in [5.41, 5.74) is 11.3. The molecule has 1 heterocycles. The molecule has 0 radical (unpaired) electrons. The minimum atomic E-state index is -0.0156. The molecule has 2 aromatic carbocycles. The van der Waals surface area contributed by atoms with Crippen LogP contribution in [-0.2, 0) is 39.9 Å².